The molecule has 0 radical (unpaired) electrons. The maximum absolute atomic E-state index is 6.67. The predicted octanol–water partition coefficient (Wildman–Crippen LogP) is 5.17. The fourth-order valence-electron chi connectivity index (χ4n) is 4.12. The van der Waals surface area contributed by atoms with Gasteiger partial charge in [0.15, 0.2) is 0 Å². The van der Waals surface area contributed by atoms with Crippen molar-refractivity contribution in [2.24, 2.45) is 17.6 Å². The van der Waals surface area contributed by atoms with Crippen LogP contribution in [0.15, 0.2) is 24.3 Å². The van der Waals surface area contributed by atoms with Crippen molar-refractivity contribution < 1.29 is 0 Å². The van der Waals surface area contributed by atoms with Gasteiger partial charge in [0.2, 0.25) is 0 Å². The monoisotopic (exact) mass is 271 g/mol. The van der Waals surface area contributed by atoms with E-state index in [1.807, 2.05) is 0 Å². The van der Waals surface area contributed by atoms with E-state index in [2.05, 4.69) is 31.2 Å². The van der Waals surface area contributed by atoms with Gasteiger partial charge in [-0.25, -0.2) is 0 Å². The molecule has 110 valence electrons. The minimum atomic E-state index is 0.268. The molecule has 2 N–H and O–H groups in total. The first kappa shape index (κ1) is 14.1. The van der Waals surface area contributed by atoms with Gasteiger partial charge < -0.3 is 5.73 Å². The van der Waals surface area contributed by atoms with Crippen LogP contribution in [0.5, 0.6) is 0 Å². The van der Waals surface area contributed by atoms with E-state index in [4.69, 9.17) is 5.73 Å². The molecule has 2 aliphatic rings. The second-order valence-corrected chi connectivity index (χ2v) is 6.97. The minimum Gasteiger partial charge on any atom is -0.324 e. The Kier molecular flexibility index (Phi) is 4.45. The van der Waals surface area contributed by atoms with E-state index in [9.17, 15) is 0 Å². The molecule has 1 aromatic carbocycles. The van der Waals surface area contributed by atoms with Crippen LogP contribution < -0.4 is 5.73 Å². The van der Waals surface area contributed by atoms with Gasteiger partial charge in [-0.2, -0.15) is 0 Å². The first-order valence-electron chi connectivity index (χ1n) is 8.64. The summed E-state index contributed by atoms with van der Waals surface area (Å²) in [5, 5.41) is 0. The lowest BCUT2D eigenvalue weighted by molar-refractivity contribution is 0.238. The van der Waals surface area contributed by atoms with Crippen molar-refractivity contribution in [2.45, 2.75) is 70.3 Å². The minimum absolute atomic E-state index is 0.268. The summed E-state index contributed by atoms with van der Waals surface area (Å²) in [6, 6.07) is 9.26. The molecule has 0 aromatic heterocycles. The molecule has 1 unspecified atom stereocenters. The van der Waals surface area contributed by atoms with Gasteiger partial charge in [-0.05, 0) is 54.6 Å². The van der Waals surface area contributed by atoms with E-state index in [0.29, 0.717) is 5.92 Å². The summed E-state index contributed by atoms with van der Waals surface area (Å²) in [5.74, 6) is 2.46. The van der Waals surface area contributed by atoms with Crippen LogP contribution in [0.4, 0.5) is 0 Å². The highest BCUT2D eigenvalue weighted by atomic mass is 14.7. The zero-order valence-corrected chi connectivity index (χ0v) is 12.9. The Bertz CT molecular complexity index is 427. The standard InChI is InChI=1S/C19H29N/c1-2-14-10-12-16(13-11-14)19(20)18-9-4-3-8-17(18)15-6-5-7-15/h3-4,8-9,14-16,19H,2,5-7,10-13,20H2,1H3. The highest BCUT2D eigenvalue weighted by molar-refractivity contribution is 5.34. The van der Waals surface area contributed by atoms with E-state index in [1.54, 1.807) is 5.56 Å². The van der Waals surface area contributed by atoms with Crippen molar-refractivity contribution in [1.82, 2.24) is 0 Å². The Morgan fingerprint density at radius 2 is 1.75 bits per heavy atom. The summed E-state index contributed by atoms with van der Waals surface area (Å²) in [5.41, 5.74) is 9.69. The molecule has 0 saturated heterocycles. The summed E-state index contributed by atoms with van der Waals surface area (Å²) >= 11 is 0. The predicted molar refractivity (Wildman–Crippen MR) is 85.7 cm³/mol. The normalized spacial score (nSPS) is 28.9. The van der Waals surface area contributed by atoms with Crippen molar-refractivity contribution in [2.75, 3.05) is 0 Å². The van der Waals surface area contributed by atoms with Crippen LogP contribution in [0.3, 0.4) is 0 Å². The quantitative estimate of drug-likeness (QED) is 0.803. The Morgan fingerprint density at radius 3 is 2.35 bits per heavy atom. The van der Waals surface area contributed by atoms with E-state index < -0.39 is 0 Å². The largest absolute Gasteiger partial charge is 0.324 e. The molecule has 2 aliphatic carbocycles. The molecule has 1 heteroatoms. The Morgan fingerprint density at radius 1 is 1.05 bits per heavy atom. The Balaban J connectivity index is 1.72. The van der Waals surface area contributed by atoms with Crippen molar-refractivity contribution in [3.05, 3.63) is 35.4 Å². The molecular formula is C19H29N. The lowest BCUT2D eigenvalue weighted by Crippen LogP contribution is -2.27. The van der Waals surface area contributed by atoms with Crippen LogP contribution in [0.2, 0.25) is 0 Å². The number of benzene rings is 1. The molecule has 1 atom stereocenters. The number of rotatable bonds is 4. The zero-order chi connectivity index (χ0) is 13.9. The maximum atomic E-state index is 6.67. The van der Waals surface area contributed by atoms with Crippen molar-refractivity contribution in [3.63, 3.8) is 0 Å². The van der Waals surface area contributed by atoms with E-state index in [0.717, 1.165) is 11.8 Å². The van der Waals surface area contributed by atoms with Gasteiger partial charge in [-0.3, -0.25) is 0 Å². The Hall–Kier alpha value is -0.820. The number of nitrogens with two attached hydrogens (primary N) is 1. The molecule has 0 heterocycles. The summed E-state index contributed by atoms with van der Waals surface area (Å²) in [7, 11) is 0. The maximum Gasteiger partial charge on any atom is 0.0326 e. The molecule has 1 nitrogen and oxygen atoms in total. The van der Waals surface area contributed by atoms with Gasteiger partial charge in [0.1, 0.15) is 0 Å². The second kappa shape index (κ2) is 6.30. The van der Waals surface area contributed by atoms with Crippen LogP contribution in [-0.2, 0) is 0 Å². The molecule has 0 amide bonds. The smallest absolute Gasteiger partial charge is 0.0326 e. The average molecular weight is 271 g/mol. The second-order valence-electron chi connectivity index (χ2n) is 6.97. The van der Waals surface area contributed by atoms with Crippen LogP contribution in [0, 0.1) is 11.8 Å². The molecule has 20 heavy (non-hydrogen) atoms. The van der Waals surface area contributed by atoms with Crippen molar-refractivity contribution in [3.8, 4) is 0 Å². The van der Waals surface area contributed by atoms with E-state index in [1.165, 1.54) is 56.9 Å². The van der Waals surface area contributed by atoms with Gasteiger partial charge >= 0.3 is 0 Å². The Labute approximate surface area is 124 Å². The molecule has 0 bridgehead atoms. The topological polar surface area (TPSA) is 26.0 Å². The highest BCUT2D eigenvalue weighted by Crippen LogP contribution is 2.42. The van der Waals surface area contributed by atoms with Crippen LogP contribution in [0.1, 0.15) is 81.4 Å². The van der Waals surface area contributed by atoms with E-state index in [-0.39, 0.29) is 6.04 Å². The van der Waals surface area contributed by atoms with Gasteiger partial charge in [-0.15, -0.1) is 0 Å². The van der Waals surface area contributed by atoms with Gasteiger partial charge in [-0.1, -0.05) is 56.9 Å². The van der Waals surface area contributed by atoms with Crippen LogP contribution in [0.25, 0.3) is 0 Å². The van der Waals surface area contributed by atoms with Crippen LogP contribution in [-0.4, -0.2) is 0 Å². The van der Waals surface area contributed by atoms with Crippen LogP contribution >= 0.6 is 0 Å². The van der Waals surface area contributed by atoms with Crippen molar-refractivity contribution >= 4 is 0 Å². The fraction of sp³-hybridized carbons (Fsp3) is 0.684. The summed E-state index contributed by atoms with van der Waals surface area (Å²) in [6.07, 6.45) is 10.9. The number of hydrogen-bond acceptors (Lipinski definition) is 1. The lowest BCUT2D eigenvalue weighted by Gasteiger charge is -2.35. The molecule has 2 saturated carbocycles. The fourth-order valence-corrected chi connectivity index (χ4v) is 4.12. The van der Waals surface area contributed by atoms with Crippen molar-refractivity contribution in [1.29, 1.82) is 0 Å². The van der Waals surface area contributed by atoms with Gasteiger partial charge in [0.25, 0.3) is 0 Å². The molecule has 2 fully saturated rings. The molecule has 0 aliphatic heterocycles. The van der Waals surface area contributed by atoms with Gasteiger partial charge in [0, 0.05) is 6.04 Å². The highest BCUT2D eigenvalue weighted by Gasteiger charge is 2.29. The first-order valence-corrected chi connectivity index (χ1v) is 8.64. The third kappa shape index (κ3) is 2.79. The average Bonchev–Trinajstić information content (AvgIpc) is 2.45. The summed E-state index contributed by atoms with van der Waals surface area (Å²) in [6.45, 7) is 2.33. The SMILES string of the molecule is CCC1CCC(C(N)c2ccccc2C2CCC2)CC1. The molecule has 3 rings (SSSR count). The summed E-state index contributed by atoms with van der Waals surface area (Å²) < 4.78 is 0. The van der Waals surface area contributed by atoms with Gasteiger partial charge in [0.05, 0.1) is 0 Å². The zero-order valence-electron chi connectivity index (χ0n) is 12.9. The lowest BCUT2D eigenvalue weighted by atomic mass is 9.72. The molecule has 1 aromatic rings. The summed E-state index contributed by atoms with van der Waals surface area (Å²) in [4.78, 5) is 0. The molecular weight excluding hydrogens is 242 g/mol. The first-order chi connectivity index (χ1) is 9.79. The third-order valence-corrected chi connectivity index (χ3v) is 5.88. The number of hydrogen-bond donors (Lipinski definition) is 1. The third-order valence-electron chi connectivity index (χ3n) is 5.88. The van der Waals surface area contributed by atoms with E-state index >= 15 is 0 Å². The molecule has 0 spiro atoms.